The molecule has 0 spiro atoms. The molecule has 5 nitrogen and oxygen atoms in total. The van der Waals surface area contributed by atoms with E-state index in [1.54, 1.807) is 32.0 Å². The summed E-state index contributed by atoms with van der Waals surface area (Å²) in [6.45, 7) is 3.28. The molecule has 0 bridgehead atoms. The number of methoxy groups -OCH3 is 1. The van der Waals surface area contributed by atoms with E-state index in [0.717, 1.165) is 0 Å². The lowest BCUT2D eigenvalue weighted by Crippen LogP contribution is -2.16. The van der Waals surface area contributed by atoms with Crippen LogP contribution in [-0.4, -0.2) is 38.7 Å². The maximum Gasteiger partial charge on any atom is 0.153 e. The minimum absolute atomic E-state index is 0.0417. The molecular formula is C13H20O5S. The summed E-state index contributed by atoms with van der Waals surface area (Å²) in [5, 5.41) is 9.63. The molecule has 0 saturated carbocycles. The molecule has 0 radical (unpaired) electrons. The van der Waals surface area contributed by atoms with Gasteiger partial charge in [0.1, 0.15) is 18.1 Å². The molecule has 0 aliphatic carbocycles. The van der Waals surface area contributed by atoms with E-state index in [9.17, 15) is 13.5 Å². The second-order valence-electron chi connectivity index (χ2n) is 4.16. The van der Waals surface area contributed by atoms with Crippen LogP contribution in [0.2, 0.25) is 0 Å². The Morgan fingerprint density at radius 3 is 2.58 bits per heavy atom. The topological polar surface area (TPSA) is 72.8 Å². The first-order valence-corrected chi connectivity index (χ1v) is 7.91. The van der Waals surface area contributed by atoms with Gasteiger partial charge >= 0.3 is 0 Å². The Hall–Kier alpha value is -1.27. The highest BCUT2D eigenvalue weighted by Crippen LogP contribution is 2.29. The van der Waals surface area contributed by atoms with E-state index in [2.05, 4.69) is 0 Å². The van der Waals surface area contributed by atoms with Crippen molar-refractivity contribution >= 4 is 9.84 Å². The fourth-order valence-electron chi connectivity index (χ4n) is 1.53. The summed E-state index contributed by atoms with van der Waals surface area (Å²) < 4.78 is 33.3. The van der Waals surface area contributed by atoms with Gasteiger partial charge in [-0.2, -0.15) is 0 Å². The molecule has 0 aliphatic rings. The fourth-order valence-corrected chi connectivity index (χ4v) is 2.16. The molecular weight excluding hydrogens is 268 g/mol. The number of benzene rings is 1. The number of ether oxygens (including phenoxy) is 2. The normalized spacial score (nSPS) is 13.1. The molecule has 0 amide bonds. The van der Waals surface area contributed by atoms with Crippen LogP contribution in [0.4, 0.5) is 0 Å². The maximum absolute atomic E-state index is 11.4. The molecule has 1 aromatic rings. The zero-order valence-corrected chi connectivity index (χ0v) is 12.2. The van der Waals surface area contributed by atoms with Crippen LogP contribution in [0.5, 0.6) is 11.5 Å². The van der Waals surface area contributed by atoms with Crippen molar-refractivity contribution in [1.29, 1.82) is 0 Å². The quantitative estimate of drug-likeness (QED) is 0.824. The van der Waals surface area contributed by atoms with Crippen LogP contribution in [-0.2, 0) is 9.84 Å². The van der Waals surface area contributed by atoms with Crippen LogP contribution < -0.4 is 9.47 Å². The predicted octanol–water partition coefficient (Wildman–Crippen LogP) is 1.56. The van der Waals surface area contributed by atoms with Gasteiger partial charge in [0.2, 0.25) is 0 Å². The molecule has 19 heavy (non-hydrogen) atoms. The van der Waals surface area contributed by atoms with E-state index in [4.69, 9.17) is 9.47 Å². The van der Waals surface area contributed by atoms with Crippen LogP contribution in [0, 0.1) is 0 Å². The predicted molar refractivity (Wildman–Crippen MR) is 73.5 cm³/mol. The van der Waals surface area contributed by atoms with Crippen molar-refractivity contribution in [2.75, 3.05) is 25.2 Å². The van der Waals surface area contributed by atoms with Gasteiger partial charge in [0.05, 0.1) is 19.0 Å². The molecule has 6 heteroatoms. The van der Waals surface area contributed by atoms with E-state index in [-0.39, 0.29) is 18.1 Å². The summed E-state index contributed by atoms with van der Waals surface area (Å²) in [6, 6.07) is 5.06. The van der Waals surface area contributed by atoms with Crippen molar-refractivity contribution < 1.29 is 23.0 Å². The van der Waals surface area contributed by atoms with Gasteiger partial charge in [-0.15, -0.1) is 0 Å². The number of rotatable bonds is 7. The highest BCUT2D eigenvalue weighted by Gasteiger charge is 2.12. The van der Waals surface area contributed by atoms with Gasteiger partial charge < -0.3 is 14.6 Å². The monoisotopic (exact) mass is 288 g/mol. The third-order valence-corrected chi connectivity index (χ3v) is 4.43. The average Bonchev–Trinajstić information content (AvgIpc) is 2.38. The van der Waals surface area contributed by atoms with Gasteiger partial charge in [-0.25, -0.2) is 8.42 Å². The lowest BCUT2D eigenvalue weighted by molar-refractivity contribution is 0.192. The van der Waals surface area contributed by atoms with Gasteiger partial charge in [0, 0.05) is 17.4 Å². The third kappa shape index (κ3) is 4.72. The highest BCUT2D eigenvalue weighted by molar-refractivity contribution is 7.91. The Kier molecular flexibility index (Phi) is 5.62. The van der Waals surface area contributed by atoms with Crippen LogP contribution in [0.15, 0.2) is 18.2 Å². The lowest BCUT2D eigenvalue weighted by atomic mass is 10.1. The van der Waals surface area contributed by atoms with Crippen LogP contribution >= 0.6 is 0 Å². The van der Waals surface area contributed by atoms with Crippen molar-refractivity contribution in [3.05, 3.63) is 23.8 Å². The maximum atomic E-state index is 11.4. The molecule has 0 aromatic heterocycles. The Labute approximate surface area is 114 Å². The summed E-state index contributed by atoms with van der Waals surface area (Å²) in [4.78, 5) is 0. The molecule has 0 fully saturated rings. The van der Waals surface area contributed by atoms with Gasteiger partial charge in [0.25, 0.3) is 0 Å². The van der Waals surface area contributed by atoms with Gasteiger partial charge in [-0.1, -0.05) is 6.92 Å². The van der Waals surface area contributed by atoms with Gasteiger partial charge in [0.15, 0.2) is 9.84 Å². The second kappa shape index (κ2) is 6.77. The van der Waals surface area contributed by atoms with Crippen LogP contribution in [0.1, 0.15) is 25.5 Å². The third-order valence-electron chi connectivity index (χ3n) is 2.76. The largest absolute Gasteiger partial charge is 0.497 e. The van der Waals surface area contributed by atoms with E-state index in [0.29, 0.717) is 17.1 Å². The van der Waals surface area contributed by atoms with E-state index < -0.39 is 15.9 Å². The fraction of sp³-hybridized carbons (Fsp3) is 0.538. The summed E-state index contributed by atoms with van der Waals surface area (Å²) in [7, 11) is -1.53. The molecule has 0 aliphatic heterocycles. The Balaban J connectivity index is 2.81. The smallest absolute Gasteiger partial charge is 0.153 e. The summed E-state index contributed by atoms with van der Waals surface area (Å²) in [6.07, 6.45) is -0.691. The first-order valence-electron chi connectivity index (χ1n) is 6.09. The van der Waals surface area contributed by atoms with E-state index >= 15 is 0 Å². The van der Waals surface area contributed by atoms with Crippen molar-refractivity contribution in [3.63, 3.8) is 0 Å². The Morgan fingerprint density at radius 1 is 1.37 bits per heavy atom. The molecule has 1 N–H and O–H groups in total. The molecule has 0 unspecified atom stereocenters. The minimum atomic E-state index is -3.06. The highest BCUT2D eigenvalue weighted by atomic mass is 32.2. The average molecular weight is 288 g/mol. The SMILES string of the molecule is CCS(=O)(=O)CCOc1cc(OC)ccc1[C@H](C)O. The van der Waals surface area contributed by atoms with Gasteiger partial charge in [-0.05, 0) is 19.1 Å². The second-order valence-corrected chi connectivity index (χ2v) is 6.64. The zero-order chi connectivity index (χ0) is 14.5. The van der Waals surface area contributed by atoms with Crippen LogP contribution in [0.25, 0.3) is 0 Å². The molecule has 1 aromatic carbocycles. The van der Waals surface area contributed by atoms with E-state index in [1.807, 2.05) is 0 Å². The summed E-state index contributed by atoms with van der Waals surface area (Å²) >= 11 is 0. The Morgan fingerprint density at radius 2 is 2.05 bits per heavy atom. The minimum Gasteiger partial charge on any atom is -0.497 e. The van der Waals surface area contributed by atoms with Gasteiger partial charge in [-0.3, -0.25) is 0 Å². The van der Waals surface area contributed by atoms with Crippen LogP contribution in [0.3, 0.4) is 0 Å². The molecule has 1 rings (SSSR count). The first kappa shape index (κ1) is 15.8. The van der Waals surface area contributed by atoms with Crippen molar-refractivity contribution in [2.45, 2.75) is 20.0 Å². The Bertz CT molecular complexity index is 508. The molecule has 1 atom stereocenters. The van der Waals surface area contributed by atoms with Crippen molar-refractivity contribution in [2.24, 2.45) is 0 Å². The molecule has 0 heterocycles. The number of hydrogen-bond donors (Lipinski definition) is 1. The summed E-state index contributed by atoms with van der Waals surface area (Å²) in [5.41, 5.74) is 0.606. The lowest BCUT2D eigenvalue weighted by Gasteiger charge is -2.14. The number of hydrogen-bond acceptors (Lipinski definition) is 5. The molecule has 0 saturated heterocycles. The number of aliphatic hydroxyl groups excluding tert-OH is 1. The van der Waals surface area contributed by atoms with Crippen molar-refractivity contribution in [3.8, 4) is 11.5 Å². The molecule has 108 valence electrons. The number of aliphatic hydroxyl groups is 1. The zero-order valence-electron chi connectivity index (χ0n) is 11.4. The summed E-state index contributed by atoms with van der Waals surface area (Å²) in [5.74, 6) is 1.09. The standard InChI is InChI=1S/C13H20O5S/c1-4-19(15,16)8-7-18-13-9-11(17-3)5-6-12(13)10(2)14/h5-6,9-10,14H,4,7-8H2,1-3H3/t10-/m0/s1. The number of sulfone groups is 1. The first-order chi connectivity index (χ1) is 8.89. The van der Waals surface area contributed by atoms with Crippen molar-refractivity contribution in [1.82, 2.24) is 0 Å². The van der Waals surface area contributed by atoms with E-state index in [1.165, 1.54) is 7.11 Å².